The summed E-state index contributed by atoms with van der Waals surface area (Å²) in [6, 6.07) is 8.76. The number of aliphatic hydroxyl groups excluding tert-OH is 1. The van der Waals surface area contributed by atoms with Gasteiger partial charge in [-0.2, -0.15) is 9.97 Å². The predicted molar refractivity (Wildman–Crippen MR) is 145 cm³/mol. The molecular weight excluding hydrogens is 523 g/mol. The highest BCUT2D eigenvalue weighted by Crippen LogP contribution is 2.28. The molecule has 1 atom stereocenters. The first-order valence-electron chi connectivity index (χ1n) is 13.2. The van der Waals surface area contributed by atoms with Gasteiger partial charge in [0.25, 0.3) is 5.91 Å². The molecular formula is C28H30F3N7O2. The number of anilines is 3. The lowest BCUT2D eigenvalue weighted by atomic mass is 9.93. The molecule has 1 fully saturated rings. The van der Waals surface area contributed by atoms with Crippen molar-refractivity contribution in [3.8, 4) is 0 Å². The van der Waals surface area contributed by atoms with E-state index < -0.39 is 29.4 Å². The van der Waals surface area contributed by atoms with Crippen molar-refractivity contribution in [1.29, 1.82) is 0 Å². The Balaban J connectivity index is 1.37. The van der Waals surface area contributed by atoms with Gasteiger partial charge in [0.1, 0.15) is 0 Å². The minimum Gasteiger partial charge on any atom is -0.393 e. The summed E-state index contributed by atoms with van der Waals surface area (Å²) in [6.45, 7) is 3.99. The molecule has 0 spiro atoms. The zero-order valence-corrected chi connectivity index (χ0v) is 22.1. The smallest absolute Gasteiger partial charge is 0.253 e. The van der Waals surface area contributed by atoms with E-state index in [1.54, 1.807) is 18.5 Å². The number of hydrogen-bond donors (Lipinski definition) is 4. The van der Waals surface area contributed by atoms with E-state index in [1.165, 1.54) is 25.1 Å². The van der Waals surface area contributed by atoms with Crippen LogP contribution in [-0.4, -0.2) is 42.7 Å². The lowest BCUT2D eigenvalue weighted by Gasteiger charge is -2.26. The van der Waals surface area contributed by atoms with Gasteiger partial charge < -0.3 is 25.6 Å². The second-order valence-corrected chi connectivity index (χ2v) is 9.89. The van der Waals surface area contributed by atoms with Crippen LogP contribution in [0.4, 0.5) is 30.6 Å². The zero-order chi connectivity index (χ0) is 28.4. The molecule has 40 heavy (non-hydrogen) atoms. The Bertz CT molecular complexity index is 1540. The standard InChI is InChI=1S/C28H30F3N7O2/c1-3-38-14-32-23-25(36-28(37-26(23)38)34-17-8-10-19(39)11-9-17)33-18-6-4-5-16(13-18)27(40)35-24(31)20-12-7-15(2)21(29)22(20)30/h4-7,12-14,17,19,24,39H,3,8-11H2,1-2H3,(H,35,40)(H2,33,34,36,37). The molecule has 210 valence electrons. The summed E-state index contributed by atoms with van der Waals surface area (Å²) in [5, 5.41) is 18.4. The van der Waals surface area contributed by atoms with Crippen molar-refractivity contribution in [3.63, 3.8) is 0 Å². The van der Waals surface area contributed by atoms with Gasteiger partial charge in [0, 0.05) is 29.4 Å². The summed E-state index contributed by atoms with van der Waals surface area (Å²) < 4.78 is 44.7. The van der Waals surface area contributed by atoms with Crippen molar-refractivity contribution in [2.45, 2.75) is 64.5 Å². The molecule has 0 saturated heterocycles. The average Bonchev–Trinajstić information content (AvgIpc) is 3.36. The monoisotopic (exact) mass is 553 g/mol. The van der Waals surface area contributed by atoms with E-state index in [0.717, 1.165) is 18.9 Å². The minimum absolute atomic E-state index is 0.0389. The van der Waals surface area contributed by atoms with Crippen LogP contribution in [0.2, 0.25) is 0 Å². The maximum atomic E-state index is 14.8. The van der Waals surface area contributed by atoms with E-state index >= 15 is 0 Å². The van der Waals surface area contributed by atoms with Gasteiger partial charge in [0.2, 0.25) is 12.2 Å². The Labute approximate surface area is 228 Å². The van der Waals surface area contributed by atoms with Gasteiger partial charge in [-0.05, 0) is 63.3 Å². The topological polar surface area (TPSA) is 117 Å². The molecule has 0 bridgehead atoms. The van der Waals surface area contributed by atoms with Crippen LogP contribution in [0, 0.1) is 18.6 Å². The number of hydrogen-bond acceptors (Lipinski definition) is 7. The predicted octanol–water partition coefficient (Wildman–Crippen LogP) is 5.29. The molecule has 5 rings (SSSR count). The van der Waals surface area contributed by atoms with Gasteiger partial charge in [-0.15, -0.1) is 0 Å². The number of nitrogens with one attached hydrogen (secondary N) is 3. The summed E-state index contributed by atoms with van der Waals surface area (Å²) >= 11 is 0. The summed E-state index contributed by atoms with van der Waals surface area (Å²) in [4.78, 5) is 26.5. The summed E-state index contributed by atoms with van der Waals surface area (Å²) in [5.41, 5.74) is 1.18. The van der Waals surface area contributed by atoms with E-state index in [4.69, 9.17) is 0 Å². The Hall–Kier alpha value is -4.19. The quantitative estimate of drug-likeness (QED) is 0.219. The van der Waals surface area contributed by atoms with Gasteiger partial charge in [-0.1, -0.05) is 18.2 Å². The zero-order valence-electron chi connectivity index (χ0n) is 22.1. The fourth-order valence-electron chi connectivity index (χ4n) is 4.74. The molecule has 9 nitrogen and oxygen atoms in total. The van der Waals surface area contributed by atoms with Crippen LogP contribution in [-0.2, 0) is 6.54 Å². The van der Waals surface area contributed by atoms with E-state index in [0.29, 0.717) is 48.0 Å². The fraction of sp³-hybridized carbons (Fsp3) is 0.357. The Morgan fingerprint density at radius 3 is 2.65 bits per heavy atom. The van der Waals surface area contributed by atoms with Gasteiger partial charge in [-0.3, -0.25) is 4.79 Å². The molecule has 4 aromatic rings. The number of amides is 1. The number of imidazole rings is 1. The molecule has 0 aliphatic heterocycles. The first-order valence-corrected chi connectivity index (χ1v) is 13.2. The third-order valence-electron chi connectivity index (χ3n) is 7.06. The van der Waals surface area contributed by atoms with Crippen LogP contribution in [0.3, 0.4) is 0 Å². The highest BCUT2D eigenvalue weighted by Gasteiger charge is 2.23. The summed E-state index contributed by atoms with van der Waals surface area (Å²) in [5.74, 6) is -2.48. The number of rotatable bonds is 8. The van der Waals surface area contributed by atoms with Crippen molar-refractivity contribution < 1.29 is 23.1 Å². The number of alkyl halides is 1. The molecule has 12 heteroatoms. The van der Waals surface area contributed by atoms with Crippen molar-refractivity contribution >= 4 is 34.5 Å². The molecule has 1 aliphatic rings. The third-order valence-corrected chi connectivity index (χ3v) is 7.06. The molecule has 2 aromatic carbocycles. The van der Waals surface area contributed by atoms with Crippen LogP contribution in [0.1, 0.15) is 60.4 Å². The van der Waals surface area contributed by atoms with E-state index in [2.05, 4.69) is 30.9 Å². The third kappa shape index (κ3) is 5.71. The number of halogens is 3. The summed E-state index contributed by atoms with van der Waals surface area (Å²) in [7, 11) is 0. The minimum atomic E-state index is -2.24. The van der Waals surface area contributed by atoms with Gasteiger partial charge in [-0.25, -0.2) is 18.2 Å². The van der Waals surface area contributed by atoms with Gasteiger partial charge in [0.15, 0.2) is 28.6 Å². The molecule has 2 aromatic heterocycles. The Morgan fingerprint density at radius 1 is 1.12 bits per heavy atom. The van der Waals surface area contributed by atoms with Crippen molar-refractivity contribution in [2.75, 3.05) is 10.6 Å². The number of fused-ring (bicyclic) bond motifs is 1. The number of carbonyl (C=O) groups excluding carboxylic acids is 1. The highest BCUT2D eigenvalue weighted by atomic mass is 19.2. The van der Waals surface area contributed by atoms with Gasteiger partial charge >= 0.3 is 0 Å². The van der Waals surface area contributed by atoms with Gasteiger partial charge in [0.05, 0.1) is 12.4 Å². The summed E-state index contributed by atoms with van der Waals surface area (Å²) in [6.07, 6.45) is 2.15. The SMILES string of the molecule is CCn1cnc2c(Nc3cccc(C(=O)NC(F)c4ccc(C)c(F)c4F)c3)nc(NC3CCC(O)CC3)nc21. The first kappa shape index (κ1) is 27.4. The largest absolute Gasteiger partial charge is 0.393 e. The lowest BCUT2D eigenvalue weighted by Crippen LogP contribution is -2.29. The molecule has 1 saturated carbocycles. The van der Waals surface area contributed by atoms with Crippen molar-refractivity contribution in [1.82, 2.24) is 24.8 Å². The molecule has 0 radical (unpaired) electrons. The average molecular weight is 554 g/mol. The number of benzene rings is 2. The molecule has 2 heterocycles. The van der Waals surface area contributed by atoms with E-state index in [9.17, 15) is 23.1 Å². The van der Waals surface area contributed by atoms with Crippen LogP contribution in [0.25, 0.3) is 11.2 Å². The second kappa shape index (κ2) is 11.5. The Kier molecular flexibility index (Phi) is 7.88. The molecule has 1 amide bonds. The van der Waals surface area contributed by atoms with Crippen LogP contribution >= 0.6 is 0 Å². The lowest BCUT2D eigenvalue weighted by molar-refractivity contribution is 0.0891. The number of carbonyl (C=O) groups is 1. The van der Waals surface area contributed by atoms with Crippen LogP contribution < -0.4 is 16.0 Å². The number of nitrogens with zero attached hydrogens (tertiary/aromatic N) is 4. The molecule has 1 unspecified atom stereocenters. The number of aliphatic hydroxyl groups is 1. The Morgan fingerprint density at radius 2 is 1.90 bits per heavy atom. The normalized spacial score (nSPS) is 17.9. The maximum absolute atomic E-state index is 14.8. The number of aryl methyl sites for hydroxylation is 2. The van der Waals surface area contributed by atoms with Crippen molar-refractivity contribution in [3.05, 3.63) is 71.1 Å². The molecule has 1 aliphatic carbocycles. The van der Waals surface area contributed by atoms with E-state index in [1.807, 2.05) is 11.5 Å². The number of aromatic nitrogens is 4. The maximum Gasteiger partial charge on any atom is 0.253 e. The highest BCUT2D eigenvalue weighted by molar-refractivity contribution is 5.96. The molecule has 4 N–H and O–H groups in total. The van der Waals surface area contributed by atoms with Crippen LogP contribution in [0.15, 0.2) is 42.7 Å². The second-order valence-electron chi connectivity index (χ2n) is 9.89. The first-order chi connectivity index (χ1) is 19.2. The van der Waals surface area contributed by atoms with Crippen molar-refractivity contribution in [2.24, 2.45) is 0 Å². The van der Waals surface area contributed by atoms with Crippen LogP contribution in [0.5, 0.6) is 0 Å². The fourth-order valence-corrected chi connectivity index (χ4v) is 4.74. The van der Waals surface area contributed by atoms with E-state index in [-0.39, 0.29) is 23.3 Å².